The first-order chi connectivity index (χ1) is 8.81. The van der Waals surface area contributed by atoms with E-state index >= 15 is 0 Å². The van der Waals surface area contributed by atoms with Crippen molar-refractivity contribution in [1.82, 2.24) is 15.2 Å². The zero-order chi connectivity index (χ0) is 13.0. The molecule has 0 amide bonds. The quantitative estimate of drug-likeness (QED) is 0.838. The number of nitrogens with zero attached hydrogens (tertiary/aromatic N) is 4. The van der Waals surface area contributed by atoms with E-state index in [1.807, 2.05) is 6.92 Å². The molecule has 2 aromatic heterocycles. The number of aromatic amines is 1. The number of nitrogens with one attached hydrogen (secondary N) is 1. The van der Waals surface area contributed by atoms with Gasteiger partial charge in [0.1, 0.15) is 5.69 Å². The molecule has 0 saturated heterocycles. The van der Waals surface area contributed by atoms with Crippen LogP contribution in [0.1, 0.15) is 6.92 Å². The molecule has 2 rings (SSSR count). The van der Waals surface area contributed by atoms with E-state index in [4.69, 9.17) is 4.74 Å². The smallest absolute Gasteiger partial charge is 0.241 e. The fourth-order valence-electron chi connectivity index (χ4n) is 1.64. The van der Waals surface area contributed by atoms with Crippen molar-refractivity contribution in [3.8, 4) is 17.0 Å². The predicted octanol–water partition coefficient (Wildman–Crippen LogP) is 2.53. The van der Waals surface area contributed by atoms with Gasteiger partial charge < -0.3 is 4.74 Å². The Labute approximate surface area is 104 Å². The lowest BCUT2D eigenvalue weighted by atomic mass is 10.1. The lowest BCUT2D eigenvalue weighted by Crippen LogP contribution is -1.90. The molecule has 0 unspecified atom stereocenters. The first-order valence-electron chi connectivity index (χ1n) is 5.33. The normalized spacial score (nSPS) is 10.8. The summed E-state index contributed by atoms with van der Waals surface area (Å²) >= 11 is 0. The van der Waals surface area contributed by atoms with Crippen molar-refractivity contribution in [1.29, 1.82) is 0 Å². The number of ether oxygens (including phenoxy) is 1. The Kier molecular flexibility index (Phi) is 3.47. The van der Waals surface area contributed by atoms with Crippen LogP contribution < -0.4 is 4.74 Å². The molecule has 0 aromatic carbocycles. The van der Waals surface area contributed by atoms with Crippen molar-refractivity contribution in [3.63, 3.8) is 0 Å². The molecular formula is C12H13N5O. The fourth-order valence-corrected chi connectivity index (χ4v) is 1.64. The van der Waals surface area contributed by atoms with Crippen LogP contribution in [0.4, 0.5) is 11.4 Å². The lowest BCUT2D eigenvalue weighted by Gasteiger charge is -2.09. The van der Waals surface area contributed by atoms with Gasteiger partial charge in [-0.2, -0.15) is 5.10 Å². The van der Waals surface area contributed by atoms with Crippen molar-refractivity contribution in [2.45, 2.75) is 6.92 Å². The van der Waals surface area contributed by atoms with Crippen LogP contribution in [0, 0.1) is 0 Å². The number of pyridine rings is 1. The van der Waals surface area contributed by atoms with Gasteiger partial charge in [-0.25, -0.2) is 4.98 Å². The first-order valence-corrected chi connectivity index (χ1v) is 5.33. The van der Waals surface area contributed by atoms with Crippen molar-refractivity contribution >= 4 is 24.3 Å². The number of hydrogen-bond acceptors (Lipinski definition) is 5. The maximum atomic E-state index is 5.18. The van der Waals surface area contributed by atoms with Gasteiger partial charge in [-0.05, 0) is 13.6 Å². The van der Waals surface area contributed by atoms with Crippen LogP contribution in [0.5, 0.6) is 5.88 Å². The Balaban J connectivity index is 2.69. The van der Waals surface area contributed by atoms with Gasteiger partial charge in [0.25, 0.3) is 0 Å². The molecule has 0 fully saturated rings. The van der Waals surface area contributed by atoms with Crippen molar-refractivity contribution in [2.75, 3.05) is 7.11 Å². The topological polar surface area (TPSA) is 75.5 Å². The monoisotopic (exact) mass is 243 g/mol. The average molecular weight is 243 g/mol. The van der Waals surface area contributed by atoms with Crippen molar-refractivity contribution < 1.29 is 4.74 Å². The van der Waals surface area contributed by atoms with E-state index in [2.05, 4.69) is 31.9 Å². The first kappa shape index (κ1) is 12.0. The summed E-state index contributed by atoms with van der Waals surface area (Å²) < 4.78 is 5.18. The van der Waals surface area contributed by atoms with E-state index in [0.717, 1.165) is 11.1 Å². The number of H-pyrrole nitrogens is 1. The van der Waals surface area contributed by atoms with Crippen LogP contribution in [-0.4, -0.2) is 35.2 Å². The summed E-state index contributed by atoms with van der Waals surface area (Å²) in [7, 11) is 1.54. The van der Waals surface area contributed by atoms with Crippen molar-refractivity contribution in [2.24, 2.45) is 9.98 Å². The minimum atomic E-state index is 0.419. The molecule has 18 heavy (non-hydrogen) atoms. The van der Waals surface area contributed by atoms with Gasteiger partial charge in [-0.3, -0.25) is 15.1 Å². The number of rotatable bonds is 4. The third kappa shape index (κ3) is 2.00. The third-order valence-corrected chi connectivity index (χ3v) is 2.41. The summed E-state index contributed by atoms with van der Waals surface area (Å²) in [5, 5.41) is 6.66. The highest BCUT2D eigenvalue weighted by Crippen LogP contribution is 2.42. The van der Waals surface area contributed by atoms with E-state index in [-0.39, 0.29) is 0 Å². The summed E-state index contributed by atoms with van der Waals surface area (Å²) in [6.07, 6.45) is 6.78. The minimum absolute atomic E-state index is 0.419. The summed E-state index contributed by atoms with van der Waals surface area (Å²) in [6.45, 7) is 5.40. The third-order valence-electron chi connectivity index (χ3n) is 2.41. The highest BCUT2D eigenvalue weighted by atomic mass is 16.5. The van der Waals surface area contributed by atoms with E-state index in [1.54, 1.807) is 31.9 Å². The van der Waals surface area contributed by atoms with E-state index in [9.17, 15) is 0 Å². The van der Waals surface area contributed by atoms with Gasteiger partial charge in [-0.15, -0.1) is 0 Å². The second kappa shape index (κ2) is 5.22. The largest absolute Gasteiger partial charge is 0.479 e. The van der Waals surface area contributed by atoms with Gasteiger partial charge in [0, 0.05) is 29.7 Å². The standard InChI is InChI=1S/C12H13N5O/c1-4-14-11-10(13-2)9(7-15-12(11)18-3)8-5-16-17-6-8/h4-7H,2H2,1,3H3,(H,16,17). The molecule has 0 aliphatic carbocycles. The second-order valence-electron chi connectivity index (χ2n) is 3.41. The predicted molar refractivity (Wildman–Crippen MR) is 71.4 cm³/mol. The van der Waals surface area contributed by atoms with Gasteiger partial charge in [0.2, 0.25) is 5.88 Å². The molecule has 0 atom stereocenters. The van der Waals surface area contributed by atoms with Crippen LogP contribution in [-0.2, 0) is 0 Å². The lowest BCUT2D eigenvalue weighted by molar-refractivity contribution is 0.400. The number of hydrogen-bond donors (Lipinski definition) is 1. The number of aliphatic imine (C=N–C) groups is 2. The maximum Gasteiger partial charge on any atom is 0.241 e. The van der Waals surface area contributed by atoms with E-state index in [1.165, 1.54) is 0 Å². The highest BCUT2D eigenvalue weighted by Gasteiger charge is 2.15. The molecule has 0 spiro atoms. The SMILES string of the molecule is C=Nc1c(-c2cn[nH]c2)cnc(OC)c1N=CC. The summed E-state index contributed by atoms with van der Waals surface area (Å²) in [5.74, 6) is 0.419. The Morgan fingerprint density at radius 2 is 2.22 bits per heavy atom. The molecule has 0 aliphatic rings. The summed E-state index contributed by atoms with van der Waals surface area (Å²) in [5.41, 5.74) is 2.87. The Morgan fingerprint density at radius 3 is 2.78 bits per heavy atom. The fraction of sp³-hybridized carbons (Fsp3) is 0.167. The van der Waals surface area contributed by atoms with E-state index in [0.29, 0.717) is 17.3 Å². The molecule has 0 bridgehead atoms. The number of methoxy groups -OCH3 is 1. The van der Waals surface area contributed by atoms with Crippen LogP contribution in [0.15, 0.2) is 28.6 Å². The van der Waals surface area contributed by atoms with Crippen LogP contribution >= 0.6 is 0 Å². The molecule has 1 N–H and O–H groups in total. The molecule has 2 aromatic rings. The second-order valence-corrected chi connectivity index (χ2v) is 3.41. The zero-order valence-corrected chi connectivity index (χ0v) is 10.2. The average Bonchev–Trinajstić information content (AvgIpc) is 2.92. The zero-order valence-electron chi connectivity index (χ0n) is 10.2. The van der Waals surface area contributed by atoms with Gasteiger partial charge in [-0.1, -0.05) is 0 Å². The molecule has 0 radical (unpaired) electrons. The molecule has 0 saturated carbocycles. The van der Waals surface area contributed by atoms with Gasteiger partial charge in [0.15, 0.2) is 5.69 Å². The highest BCUT2D eigenvalue weighted by molar-refractivity contribution is 5.87. The Morgan fingerprint density at radius 1 is 1.39 bits per heavy atom. The molecule has 92 valence electrons. The molecular weight excluding hydrogens is 230 g/mol. The summed E-state index contributed by atoms with van der Waals surface area (Å²) in [4.78, 5) is 12.5. The van der Waals surface area contributed by atoms with Crippen LogP contribution in [0.2, 0.25) is 0 Å². The molecule has 2 heterocycles. The maximum absolute atomic E-state index is 5.18. The molecule has 6 heteroatoms. The number of aromatic nitrogens is 3. The van der Waals surface area contributed by atoms with Crippen LogP contribution in [0.3, 0.4) is 0 Å². The van der Waals surface area contributed by atoms with Crippen molar-refractivity contribution in [3.05, 3.63) is 18.6 Å². The minimum Gasteiger partial charge on any atom is -0.479 e. The van der Waals surface area contributed by atoms with Crippen LogP contribution in [0.25, 0.3) is 11.1 Å². The Hall–Kier alpha value is -2.50. The molecule has 0 aliphatic heterocycles. The van der Waals surface area contributed by atoms with Gasteiger partial charge >= 0.3 is 0 Å². The van der Waals surface area contributed by atoms with E-state index < -0.39 is 0 Å². The summed E-state index contributed by atoms with van der Waals surface area (Å²) in [6, 6.07) is 0. The Bertz CT molecular complexity index is 574. The molecule has 6 nitrogen and oxygen atoms in total. The van der Waals surface area contributed by atoms with Gasteiger partial charge in [0.05, 0.1) is 13.3 Å².